The van der Waals surface area contributed by atoms with Crippen LogP contribution in [0.15, 0.2) is 66.7 Å². The number of nitrogens with zero attached hydrogens (tertiary/aromatic N) is 1. The van der Waals surface area contributed by atoms with Crippen LogP contribution in [-0.2, 0) is 17.6 Å². The molecule has 0 unspecified atom stereocenters. The fourth-order valence-electron chi connectivity index (χ4n) is 4.03. The highest BCUT2D eigenvalue weighted by Gasteiger charge is 2.19. The summed E-state index contributed by atoms with van der Waals surface area (Å²) in [6.45, 7) is 8.60. The van der Waals surface area contributed by atoms with Crippen LogP contribution in [0.1, 0.15) is 85.0 Å². The van der Waals surface area contributed by atoms with Gasteiger partial charge in [-0.3, -0.25) is 19.7 Å². The number of hydrogen-bond acceptors (Lipinski definition) is 4. The zero-order valence-corrected chi connectivity index (χ0v) is 21.4. The summed E-state index contributed by atoms with van der Waals surface area (Å²) in [6.07, 6.45) is 2.68. The van der Waals surface area contributed by atoms with Crippen molar-refractivity contribution in [2.75, 3.05) is 5.32 Å². The van der Waals surface area contributed by atoms with E-state index in [1.165, 1.54) is 41.0 Å². The molecule has 0 saturated heterocycles. The van der Waals surface area contributed by atoms with Gasteiger partial charge in [-0.25, -0.2) is 0 Å². The minimum atomic E-state index is -0.466. The Kier molecular flexibility index (Phi) is 9.12. The molecule has 6 nitrogen and oxygen atoms in total. The van der Waals surface area contributed by atoms with Crippen LogP contribution in [0.4, 0.5) is 11.4 Å². The van der Waals surface area contributed by atoms with Gasteiger partial charge < -0.3 is 5.32 Å². The van der Waals surface area contributed by atoms with Crippen LogP contribution in [0.2, 0.25) is 0 Å². The number of ketones is 1. The van der Waals surface area contributed by atoms with Gasteiger partial charge >= 0.3 is 0 Å². The average molecular weight is 487 g/mol. The Balaban J connectivity index is 0.000000233. The van der Waals surface area contributed by atoms with Gasteiger partial charge in [-0.15, -0.1) is 0 Å². The zero-order valence-electron chi connectivity index (χ0n) is 21.4. The molecule has 0 fully saturated rings. The summed E-state index contributed by atoms with van der Waals surface area (Å²) in [5, 5.41) is 13.3. The molecule has 0 aromatic heterocycles. The second kappa shape index (κ2) is 12.2. The molecule has 0 heterocycles. The van der Waals surface area contributed by atoms with E-state index in [1.807, 2.05) is 0 Å². The molecule has 36 heavy (non-hydrogen) atoms. The van der Waals surface area contributed by atoms with Crippen LogP contribution in [0.5, 0.6) is 0 Å². The zero-order chi connectivity index (χ0) is 26.2. The molecule has 3 aromatic rings. The SMILES string of the molecule is CC(C)c1ccc(CCC(=O)Nc2ccc([N+](=O)[O-])cc2)cc1.CC(C)c1ccc2c(c1)C(=O)CC2. The Morgan fingerprint density at radius 2 is 1.50 bits per heavy atom. The third kappa shape index (κ3) is 7.35. The summed E-state index contributed by atoms with van der Waals surface area (Å²) >= 11 is 0. The minimum absolute atomic E-state index is 0.00763. The van der Waals surface area contributed by atoms with E-state index in [9.17, 15) is 19.7 Å². The first-order chi connectivity index (χ1) is 17.1. The summed E-state index contributed by atoms with van der Waals surface area (Å²) < 4.78 is 0. The van der Waals surface area contributed by atoms with Crippen LogP contribution < -0.4 is 5.32 Å². The molecule has 0 atom stereocenters. The van der Waals surface area contributed by atoms with Crippen molar-refractivity contribution < 1.29 is 14.5 Å². The lowest BCUT2D eigenvalue weighted by molar-refractivity contribution is -0.384. The number of hydrogen-bond donors (Lipinski definition) is 1. The molecule has 0 bridgehead atoms. The third-order valence-corrected chi connectivity index (χ3v) is 6.37. The van der Waals surface area contributed by atoms with Crippen molar-refractivity contribution in [2.45, 2.75) is 65.2 Å². The highest BCUT2D eigenvalue weighted by molar-refractivity contribution is 6.00. The summed E-state index contributed by atoms with van der Waals surface area (Å²) in [6, 6.07) is 20.4. The Bertz CT molecular complexity index is 1210. The number of carbonyl (C=O) groups excluding carboxylic acids is 2. The van der Waals surface area contributed by atoms with E-state index in [0.29, 0.717) is 42.6 Å². The first-order valence-corrected chi connectivity index (χ1v) is 12.4. The fourth-order valence-corrected chi connectivity index (χ4v) is 4.03. The minimum Gasteiger partial charge on any atom is -0.326 e. The third-order valence-electron chi connectivity index (χ3n) is 6.37. The summed E-state index contributed by atoms with van der Waals surface area (Å²) in [4.78, 5) is 33.5. The summed E-state index contributed by atoms with van der Waals surface area (Å²) in [7, 11) is 0. The average Bonchev–Trinajstić information content (AvgIpc) is 3.23. The number of carbonyl (C=O) groups is 2. The maximum absolute atomic E-state index is 11.9. The standard InChI is InChI=1S/C18H20N2O3.C12H14O/c1-13(2)15-6-3-14(4-7-15)5-12-18(21)19-16-8-10-17(11-9-16)20(22)23;1-8(2)10-4-3-9-5-6-12(13)11(9)7-10/h3-4,6-11,13H,5,12H2,1-2H3,(H,19,21);3-4,7-8H,5-6H2,1-2H3. The van der Waals surface area contributed by atoms with E-state index >= 15 is 0 Å². The lowest BCUT2D eigenvalue weighted by atomic mass is 9.98. The number of aryl methyl sites for hydroxylation is 2. The molecule has 3 aromatic carbocycles. The van der Waals surface area contributed by atoms with Gasteiger partial charge in [0.2, 0.25) is 5.91 Å². The Labute approximate surface area is 212 Å². The quantitative estimate of drug-likeness (QED) is 0.282. The molecule has 0 spiro atoms. The first-order valence-electron chi connectivity index (χ1n) is 12.4. The van der Waals surface area contributed by atoms with Gasteiger partial charge in [-0.2, -0.15) is 0 Å². The monoisotopic (exact) mass is 486 g/mol. The predicted molar refractivity (Wildman–Crippen MR) is 144 cm³/mol. The molecular formula is C30H34N2O4. The number of nitro groups is 1. The number of fused-ring (bicyclic) bond motifs is 1. The van der Waals surface area contributed by atoms with Crippen LogP contribution in [-0.4, -0.2) is 16.6 Å². The molecular weight excluding hydrogens is 452 g/mol. The smallest absolute Gasteiger partial charge is 0.269 e. The molecule has 0 aliphatic heterocycles. The Morgan fingerprint density at radius 3 is 2.08 bits per heavy atom. The lowest BCUT2D eigenvalue weighted by Crippen LogP contribution is -2.12. The largest absolute Gasteiger partial charge is 0.326 e. The maximum atomic E-state index is 11.9. The number of rotatable bonds is 7. The molecule has 1 aliphatic carbocycles. The van der Waals surface area contributed by atoms with E-state index in [0.717, 1.165) is 17.5 Å². The van der Waals surface area contributed by atoms with Gasteiger partial charge in [0.15, 0.2) is 5.78 Å². The number of nitrogens with one attached hydrogen (secondary N) is 1. The molecule has 0 radical (unpaired) electrons. The van der Waals surface area contributed by atoms with E-state index in [4.69, 9.17) is 0 Å². The van der Waals surface area contributed by atoms with Gasteiger partial charge in [0.25, 0.3) is 5.69 Å². The first kappa shape index (κ1) is 26.8. The number of nitro benzene ring substituents is 1. The Morgan fingerprint density at radius 1 is 0.889 bits per heavy atom. The topological polar surface area (TPSA) is 89.3 Å². The van der Waals surface area contributed by atoms with E-state index < -0.39 is 4.92 Å². The summed E-state index contributed by atoms with van der Waals surface area (Å²) in [5.41, 5.74) is 6.44. The molecule has 0 saturated carbocycles. The number of Topliss-reactive ketones (excluding diaryl/α,β-unsaturated/α-hetero) is 1. The van der Waals surface area contributed by atoms with Crippen LogP contribution in [0.3, 0.4) is 0 Å². The van der Waals surface area contributed by atoms with Crippen molar-refractivity contribution in [3.8, 4) is 0 Å². The summed E-state index contributed by atoms with van der Waals surface area (Å²) in [5.74, 6) is 1.22. The van der Waals surface area contributed by atoms with E-state index in [-0.39, 0.29) is 11.6 Å². The highest BCUT2D eigenvalue weighted by atomic mass is 16.6. The van der Waals surface area contributed by atoms with Gasteiger partial charge in [-0.05, 0) is 65.1 Å². The van der Waals surface area contributed by atoms with Gasteiger partial charge in [0, 0.05) is 36.2 Å². The highest BCUT2D eigenvalue weighted by Crippen LogP contribution is 2.26. The number of amides is 1. The van der Waals surface area contributed by atoms with Gasteiger partial charge in [0.05, 0.1) is 4.92 Å². The maximum Gasteiger partial charge on any atom is 0.269 e. The van der Waals surface area contributed by atoms with Crippen molar-refractivity contribution >= 4 is 23.1 Å². The fraction of sp³-hybridized carbons (Fsp3) is 0.333. The van der Waals surface area contributed by atoms with E-state index in [1.54, 1.807) is 0 Å². The van der Waals surface area contributed by atoms with Crippen molar-refractivity contribution in [2.24, 2.45) is 0 Å². The number of anilines is 1. The molecule has 4 rings (SSSR count). The lowest BCUT2D eigenvalue weighted by Gasteiger charge is -2.07. The number of non-ortho nitro benzene ring substituents is 1. The normalized spacial score (nSPS) is 12.2. The van der Waals surface area contributed by atoms with Crippen molar-refractivity contribution in [3.63, 3.8) is 0 Å². The van der Waals surface area contributed by atoms with Crippen molar-refractivity contribution in [3.05, 3.63) is 105 Å². The number of benzene rings is 3. The second-order valence-corrected chi connectivity index (χ2v) is 9.74. The second-order valence-electron chi connectivity index (χ2n) is 9.74. The van der Waals surface area contributed by atoms with Gasteiger partial charge in [-0.1, -0.05) is 64.1 Å². The molecule has 6 heteroatoms. The van der Waals surface area contributed by atoms with Gasteiger partial charge in [0.1, 0.15) is 0 Å². The van der Waals surface area contributed by atoms with Crippen molar-refractivity contribution in [1.29, 1.82) is 0 Å². The molecule has 1 N–H and O–H groups in total. The predicted octanol–water partition coefficient (Wildman–Crippen LogP) is 7.23. The van der Waals surface area contributed by atoms with Crippen LogP contribution in [0, 0.1) is 10.1 Å². The van der Waals surface area contributed by atoms with Crippen LogP contribution >= 0.6 is 0 Å². The Hall–Kier alpha value is -3.80. The van der Waals surface area contributed by atoms with Crippen molar-refractivity contribution in [1.82, 2.24) is 0 Å². The molecule has 188 valence electrons. The molecule has 1 amide bonds. The van der Waals surface area contributed by atoms with E-state index in [2.05, 4.69) is 75.5 Å². The van der Waals surface area contributed by atoms with Crippen LogP contribution in [0.25, 0.3) is 0 Å². The molecule has 1 aliphatic rings.